The third-order valence-corrected chi connectivity index (χ3v) is 4.72. The Hall–Kier alpha value is -1.69. The van der Waals surface area contributed by atoms with Crippen LogP contribution in [-0.2, 0) is 12.2 Å². The summed E-state index contributed by atoms with van der Waals surface area (Å²) in [6.07, 6.45) is 2.11. The smallest absolute Gasteiger partial charge is 0.340 e. The van der Waals surface area contributed by atoms with Crippen molar-refractivity contribution in [2.24, 2.45) is 5.92 Å². The number of aromatic amines is 2. The fourth-order valence-corrected chi connectivity index (χ4v) is 3.13. The molecule has 22 heavy (non-hydrogen) atoms. The lowest BCUT2D eigenvalue weighted by Gasteiger charge is -2.15. The molecule has 0 aliphatic carbocycles. The Morgan fingerprint density at radius 1 is 1.27 bits per heavy atom. The van der Waals surface area contributed by atoms with E-state index in [9.17, 15) is 4.79 Å². The Bertz CT molecular complexity index is 606. The summed E-state index contributed by atoms with van der Waals surface area (Å²) in [4.78, 5) is 13.6. The van der Waals surface area contributed by atoms with Gasteiger partial charge >= 0.3 is 5.69 Å². The molecule has 1 unspecified atom stereocenters. The van der Waals surface area contributed by atoms with Gasteiger partial charge in [-0.3, -0.25) is 4.98 Å². The van der Waals surface area contributed by atoms with Crippen molar-refractivity contribution in [2.75, 3.05) is 12.4 Å². The molecule has 120 valence electrons. The number of hydrogen-bond donors (Lipinski definition) is 2. The maximum Gasteiger partial charge on any atom is 0.340 e. The number of rotatable bonds is 9. The van der Waals surface area contributed by atoms with Gasteiger partial charge in [0.25, 0.3) is 0 Å². The second-order valence-corrected chi connectivity index (χ2v) is 6.25. The van der Waals surface area contributed by atoms with E-state index >= 15 is 0 Å². The van der Waals surface area contributed by atoms with Crippen LogP contribution in [0, 0.1) is 5.92 Å². The van der Waals surface area contributed by atoms with Gasteiger partial charge in [0.05, 0.1) is 12.4 Å². The first-order chi connectivity index (χ1) is 10.7. The Morgan fingerprint density at radius 3 is 2.64 bits per heavy atom. The van der Waals surface area contributed by atoms with E-state index in [0.717, 1.165) is 24.3 Å². The monoisotopic (exact) mass is 321 g/mol. The van der Waals surface area contributed by atoms with Gasteiger partial charge in [-0.15, -0.1) is 0 Å². The van der Waals surface area contributed by atoms with Gasteiger partial charge in [0.1, 0.15) is 11.6 Å². The molecule has 1 aromatic heterocycles. The fraction of sp³-hybridized carbons (Fsp3) is 0.500. The van der Waals surface area contributed by atoms with Crippen LogP contribution in [0.2, 0.25) is 0 Å². The van der Waals surface area contributed by atoms with Crippen LogP contribution in [0.25, 0.3) is 0 Å². The molecule has 0 spiro atoms. The number of H-pyrrole nitrogens is 2. The van der Waals surface area contributed by atoms with Crippen molar-refractivity contribution in [3.63, 3.8) is 0 Å². The van der Waals surface area contributed by atoms with Crippen LogP contribution in [0.1, 0.15) is 31.7 Å². The highest BCUT2D eigenvalue weighted by atomic mass is 32.2. The van der Waals surface area contributed by atoms with E-state index < -0.39 is 0 Å². The first-order valence-electron chi connectivity index (χ1n) is 7.64. The number of benzene rings is 1. The predicted octanol–water partition coefficient (Wildman–Crippen LogP) is 3.00. The Morgan fingerprint density at radius 2 is 2.05 bits per heavy atom. The molecular formula is C16H23N3O2S. The number of hydrogen-bond acceptors (Lipinski definition) is 4. The summed E-state index contributed by atoms with van der Waals surface area (Å²) in [7, 11) is 0. The third kappa shape index (κ3) is 5.26. The molecule has 2 rings (SSSR count). The lowest BCUT2D eigenvalue weighted by molar-refractivity contribution is 0.259. The van der Waals surface area contributed by atoms with Gasteiger partial charge < -0.3 is 4.74 Å². The highest BCUT2D eigenvalue weighted by Gasteiger charge is 2.09. The summed E-state index contributed by atoms with van der Waals surface area (Å²) < 4.78 is 5.87. The maximum atomic E-state index is 10.9. The molecule has 1 heterocycles. The van der Waals surface area contributed by atoms with E-state index in [1.54, 1.807) is 11.8 Å². The van der Waals surface area contributed by atoms with Gasteiger partial charge in [-0.05, 0) is 36.3 Å². The molecule has 0 bridgehead atoms. The zero-order valence-corrected chi connectivity index (χ0v) is 13.9. The van der Waals surface area contributed by atoms with Gasteiger partial charge in [-0.25, -0.2) is 9.89 Å². The summed E-state index contributed by atoms with van der Waals surface area (Å²) in [5.74, 6) is 3.80. The molecule has 0 amide bonds. The van der Waals surface area contributed by atoms with Gasteiger partial charge in [0, 0.05) is 5.92 Å². The second-order valence-electron chi connectivity index (χ2n) is 5.22. The Labute approximate surface area is 134 Å². The van der Waals surface area contributed by atoms with Gasteiger partial charge in [-0.2, -0.15) is 16.9 Å². The summed E-state index contributed by atoms with van der Waals surface area (Å²) in [5.41, 5.74) is 1.07. The average Bonchev–Trinajstić information content (AvgIpc) is 2.96. The highest BCUT2D eigenvalue weighted by Crippen LogP contribution is 2.18. The molecule has 5 nitrogen and oxygen atoms in total. The molecule has 0 radical (unpaired) electrons. The van der Waals surface area contributed by atoms with E-state index in [-0.39, 0.29) is 5.69 Å². The average molecular weight is 321 g/mol. The van der Waals surface area contributed by atoms with Crippen molar-refractivity contribution >= 4 is 11.8 Å². The molecule has 0 saturated carbocycles. The zero-order valence-electron chi connectivity index (χ0n) is 13.1. The number of nitrogens with zero attached hydrogens (tertiary/aromatic N) is 1. The molecule has 0 aliphatic rings. The number of aromatic nitrogens is 3. The maximum absolute atomic E-state index is 10.9. The molecule has 1 atom stereocenters. The molecule has 1 aromatic carbocycles. The van der Waals surface area contributed by atoms with Crippen molar-refractivity contribution in [1.29, 1.82) is 0 Å². The number of nitrogens with one attached hydrogen (secondary N) is 2. The third-order valence-electron chi connectivity index (χ3n) is 3.54. The molecule has 0 saturated heterocycles. The molecule has 2 N–H and O–H groups in total. The van der Waals surface area contributed by atoms with Crippen LogP contribution in [0.4, 0.5) is 0 Å². The van der Waals surface area contributed by atoms with Crippen LogP contribution in [0.3, 0.4) is 0 Å². The minimum absolute atomic E-state index is 0.249. The largest absolute Gasteiger partial charge is 0.493 e. The van der Waals surface area contributed by atoms with Crippen molar-refractivity contribution in [3.05, 3.63) is 46.1 Å². The summed E-state index contributed by atoms with van der Waals surface area (Å²) in [6.45, 7) is 5.03. The first kappa shape index (κ1) is 16.7. The Balaban J connectivity index is 1.72. The van der Waals surface area contributed by atoms with Gasteiger partial charge in [0.15, 0.2) is 0 Å². The summed E-state index contributed by atoms with van der Waals surface area (Å²) >= 11 is 1.76. The topological polar surface area (TPSA) is 70.8 Å². The summed E-state index contributed by atoms with van der Waals surface area (Å²) in [6, 6.07) is 8.29. The van der Waals surface area contributed by atoms with Crippen LogP contribution in [0.5, 0.6) is 5.75 Å². The number of thioether (sulfide) groups is 1. The van der Waals surface area contributed by atoms with Crippen molar-refractivity contribution in [1.82, 2.24) is 15.2 Å². The van der Waals surface area contributed by atoms with E-state index in [1.807, 2.05) is 12.1 Å². The number of ether oxygens (including phenoxy) is 1. The van der Waals surface area contributed by atoms with Gasteiger partial charge in [-0.1, -0.05) is 26.0 Å². The van der Waals surface area contributed by atoms with Crippen LogP contribution < -0.4 is 10.4 Å². The minimum atomic E-state index is -0.249. The van der Waals surface area contributed by atoms with E-state index in [0.29, 0.717) is 24.1 Å². The lowest BCUT2D eigenvalue weighted by atomic mass is 10.1. The van der Waals surface area contributed by atoms with Gasteiger partial charge in [0.2, 0.25) is 0 Å². The predicted molar refractivity (Wildman–Crippen MR) is 90.5 cm³/mol. The lowest BCUT2D eigenvalue weighted by Crippen LogP contribution is -2.14. The minimum Gasteiger partial charge on any atom is -0.493 e. The second kappa shape index (κ2) is 8.68. The molecule has 2 aromatic rings. The SMILES string of the molecule is CCc1ccc(OCC(CC)CSCc2n[nH]c(=O)[nH]2)cc1. The van der Waals surface area contributed by atoms with E-state index in [4.69, 9.17) is 4.74 Å². The molecular weight excluding hydrogens is 298 g/mol. The first-order valence-corrected chi connectivity index (χ1v) is 8.79. The quantitative estimate of drug-likeness (QED) is 0.745. The van der Waals surface area contributed by atoms with Crippen molar-refractivity contribution < 1.29 is 4.74 Å². The van der Waals surface area contributed by atoms with Crippen LogP contribution >= 0.6 is 11.8 Å². The van der Waals surface area contributed by atoms with E-state index in [2.05, 4.69) is 41.2 Å². The van der Waals surface area contributed by atoms with Crippen LogP contribution in [0.15, 0.2) is 29.1 Å². The van der Waals surface area contributed by atoms with E-state index in [1.165, 1.54) is 5.56 Å². The molecule has 6 heteroatoms. The molecule has 0 aliphatic heterocycles. The standard InChI is InChI=1S/C16H23N3O2S/c1-3-12-5-7-14(8-6-12)21-9-13(4-2)10-22-11-15-17-16(20)19-18-15/h5-8,13H,3-4,9-11H2,1-2H3,(H2,17,18,19,20). The zero-order chi connectivity index (χ0) is 15.8. The Kier molecular flexibility index (Phi) is 6.58. The van der Waals surface area contributed by atoms with Crippen molar-refractivity contribution in [3.8, 4) is 5.75 Å². The normalized spacial score (nSPS) is 12.3. The van der Waals surface area contributed by atoms with Crippen molar-refractivity contribution in [2.45, 2.75) is 32.4 Å². The summed E-state index contributed by atoms with van der Waals surface area (Å²) in [5, 5.41) is 6.28. The fourth-order valence-electron chi connectivity index (χ4n) is 2.02. The highest BCUT2D eigenvalue weighted by molar-refractivity contribution is 7.98. The molecule has 0 fully saturated rings. The van der Waals surface area contributed by atoms with Crippen LogP contribution in [-0.4, -0.2) is 27.5 Å². The number of aryl methyl sites for hydroxylation is 1.